The molecule has 5 heteroatoms. The van der Waals surface area contributed by atoms with E-state index in [2.05, 4.69) is 28.8 Å². The molecule has 32 heavy (non-hydrogen) atoms. The molecule has 2 aromatic carbocycles. The van der Waals surface area contributed by atoms with E-state index >= 15 is 0 Å². The number of benzene rings is 2. The van der Waals surface area contributed by atoms with Gasteiger partial charge in [0.15, 0.2) is 0 Å². The minimum atomic E-state index is -0.0981. The van der Waals surface area contributed by atoms with Gasteiger partial charge in [0, 0.05) is 31.0 Å². The zero-order chi connectivity index (χ0) is 21.8. The first kappa shape index (κ1) is 21.2. The lowest BCUT2D eigenvalue weighted by Gasteiger charge is -2.22. The summed E-state index contributed by atoms with van der Waals surface area (Å²) in [5, 5.41) is 6.65. The van der Waals surface area contributed by atoms with Crippen molar-refractivity contribution in [1.29, 1.82) is 0 Å². The van der Waals surface area contributed by atoms with E-state index < -0.39 is 0 Å². The molecular formula is C27H32N2O3. The molecule has 2 fully saturated rings. The predicted octanol–water partition coefficient (Wildman–Crippen LogP) is 4.68. The van der Waals surface area contributed by atoms with Crippen molar-refractivity contribution in [3.8, 4) is 5.75 Å². The molecule has 1 saturated heterocycles. The lowest BCUT2D eigenvalue weighted by molar-refractivity contribution is 0.0665. The van der Waals surface area contributed by atoms with Crippen LogP contribution in [0, 0.1) is 11.8 Å². The summed E-state index contributed by atoms with van der Waals surface area (Å²) in [6, 6.07) is 13.6. The van der Waals surface area contributed by atoms with E-state index in [-0.39, 0.29) is 5.91 Å². The van der Waals surface area contributed by atoms with Gasteiger partial charge >= 0.3 is 0 Å². The quantitative estimate of drug-likeness (QED) is 0.604. The van der Waals surface area contributed by atoms with Gasteiger partial charge in [-0.15, -0.1) is 0 Å². The molecular weight excluding hydrogens is 400 g/mol. The van der Waals surface area contributed by atoms with Gasteiger partial charge in [-0.2, -0.15) is 0 Å². The minimum absolute atomic E-state index is 0.0981. The maximum absolute atomic E-state index is 12.7. The van der Waals surface area contributed by atoms with Crippen molar-refractivity contribution in [2.75, 3.05) is 38.2 Å². The second-order valence-corrected chi connectivity index (χ2v) is 9.31. The van der Waals surface area contributed by atoms with Crippen molar-refractivity contribution < 1.29 is 14.3 Å². The summed E-state index contributed by atoms with van der Waals surface area (Å²) in [6.45, 7) is 4.55. The first-order valence-electron chi connectivity index (χ1n) is 11.9. The second-order valence-electron chi connectivity index (χ2n) is 9.31. The Kier molecular flexibility index (Phi) is 6.56. The van der Waals surface area contributed by atoms with Gasteiger partial charge in [-0.05, 0) is 98.0 Å². The number of fused-ring (bicyclic) bond motifs is 1. The van der Waals surface area contributed by atoms with E-state index in [1.54, 1.807) is 0 Å². The number of anilines is 1. The van der Waals surface area contributed by atoms with Crippen LogP contribution in [0.2, 0.25) is 0 Å². The molecule has 0 bridgehead atoms. The molecule has 0 unspecified atom stereocenters. The third-order valence-corrected chi connectivity index (χ3v) is 6.61. The summed E-state index contributed by atoms with van der Waals surface area (Å²) in [5.74, 6) is 2.18. The number of hydrogen-bond donors (Lipinski definition) is 2. The summed E-state index contributed by atoms with van der Waals surface area (Å²) < 4.78 is 11.2. The first-order chi connectivity index (χ1) is 15.7. The van der Waals surface area contributed by atoms with Crippen molar-refractivity contribution in [3.05, 3.63) is 64.7 Å². The number of hydrogen-bond acceptors (Lipinski definition) is 4. The minimum Gasteiger partial charge on any atom is -0.493 e. The maximum atomic E-state index is 12.7. The van der Waals surface area contributed by atoms with Crippen molar-refractivity contribution in [3.63, 3.8) is 0 Å². The van der Waals surface area contributed by atoms with Crippen LogP contribution >= 0.6 is 0 Å². The summed E-state index contributed by atoms with van der Waals surface area (Å²) in [7, 11) is 0. The van der Waals surface area contributed by atoms with Crippen molar-refractivity contribution in [1.82, 2.24) is 5.32 Å². The van der Waals surface area contributed by atoms with Gasteiger partial charge in [0.05, 0.1) is 6.61 Å². The van der Waals surface area contributed by atoms with Crippen LogP contribution in [0.3, 0.4) is 0 Å². The lowest BCUT2D eigenvalue weighted by Crippen LogP contribution is -2.29. The largest absolute Gasteiger partial charge is 0.493 e. The zero-order valence-corrected chi connectivity index (χ0v) is 18.6. The molecule has 0 radical (unpaired) electrons. The summed E-state index contributed by atoms with van der Waals surface area (Å²) in [5.41, 5.74) is 5.39. The smallest absolute Gasteiger partial charge is 0.255 e. The number of nitrogens with one attached hydrogen (secondary N) is 2. The van der Waals surface area contributed by atoms with Crippen LogP contribution in [0.1, 0.15) is 47.2 Å². The van der Waals surface area contributed by atoms with Crippen molar-refractivity contribution in [2.45, 2.75) is 32.1 Å². The van der Waals surface area contributed by atoms with Crippen LogP contribution < -0.4 is 15.4 Å². The number of amides is 1. The van der Waals surface area contributed by atoms with Gasteiger partial charge in [-0.1, -0.05) is 17.7 Å². The Morgan fingerprint density at radius 3 is 2.59 bits per heavy atom. The van der Waals surface area contributed by atoms with Crippen LogP contribution in [-0.2, 0) is 11.2 Å². The van der Waals surface area contributed by atoms with E-state index in [1.165, 1.54) is 29.5 Å². The third kappa shape index (κ3) is 5.59. The Bertz CT molecular complexity index is 973. The molecule has 0 aromatic heterocycles. The fraction of sp³-hybridized carbons (Fsp3) is 0.444. The van der Waals surface area contributed by atoms with E-state index in [9.17, 15) is 4.79 Å². The summed E-state index contributed by atoms with van der Waals surface area (Å²) >= 11 is 0. The van der Waals surface area contributed by atoms with Crippen LogP contribution in [-0.4, -0.2) is 38.8 Å². The third-order valence-electron chi connectivity index (χ3n) is 6.61. The highest BCUT2D eigenvalue weighted by Gasteiger charge is 2.22. The van der Waals surface area contributed by atoms with E-state index in [4.69, 9.17) is 9.47 Å². The standard InChI is InChI=1S/C27H32N2O3/c30-27(22-4-7-26(8-5-22)32-18-20-1-2-20)29-25-6-3-23-13-21(14-24(23)15-25)17-28-16-19-9-11-31-12-10-19/h3-8,14-15,19-20,28H,1-2,9-13,16-18H2,(H,29,30). The predicted molar refractivity (Wildman–Crippen MR) is 127 cm³/mol. The molecule has 5 rings (SSSR count). The fourth-order valence-corrected chi connectivity index (χ4v) is 4.39. The number of carbonyl (C=O) groups excluding carboxylic acids is 1. The number of rotatable bonds is 9. The Hall–Kier alpha value is -2.63. The topological polar surface area (TPSA) is 59.6 Å². The zero-order valence-electron chi connectivity index (χ0n) is 18.6. The van der Waals surface area contributed by atoms with Crippen molar-refractivity contribution >= 4 is 17.7 Å². The lowest BCUT2D eigenvalue weighted by atomic mass is 10.0. The highest BCUT2D eigenvalue weighted by molar-refractivity contribution is 6.04. The fourth-order valence-electron chi connectivity index (χ4n) is 4.39. The Morgan fingerprint density at radius 1 is 1.00 bits per heavy atom. The average Bonchev–Trinajstić information content (AvgIpc) is 3.57. The van der Waals surface area contributed by atoms with Crippen LogP contribution in [0.15, 0.2) is 48.0 Å². The van der Waals surface area contributed by atoms with Crippen molar-refractivity contribution in [2.24, 2.45) is 11.8 Å². The molecule has 2 aromatic rings. The highest BCUT2D eigenvalue weighted by atomic mass is 16.5. The van der Waals surface area contributed by atoms with E-state index in [1.807, 2.05) is 30.3 Å². The molecule has 5 nitrogen and oxygen atoms in total. The number of carbonyl (C=O) groups is 1. The molecule has 2 aliphatic carbocycles. The van der Waals surface area contributed by atoms with Crippen LogP contribution in [0.25, 0.3) is 6.08 Å². The molecule has 1 amide bonds. The summed E-state index contributed by atoms with van der Waals surface area (Å²) in [4.78, 5) is 12.7. The van der Waals surface area contributed by atoms with E-state index in [0.717, 1.165) is 75.4 Å². The molecule has 1 aliphatic heterocycles. The first-order valence-corrected chi connectivity index (χ1v) is 11.9. The monoisotopic (exact) mass is 432 g/mol. The van der Waals surface area contributed by atoms with Crippen LogP contribution in [0.4, 0.5) is 5.69 Å². The Labute approximate surface area is 190 Å². The average molecular weight is 433 g/mol. The molecule has 3 aliphatic rings. The maximum Gasteiger partial charge on any atom is 0.255 e. The van der Waals surface area contributed by atoms with Gasteiger partial charge < -0.3 is 20.1 Å². The SMILES string of the molecule is O=C(Nc1ccc2c(c1)C=C(CNCC1CCOCC1)C2)c1ccc(OCC2CC2)cc1. The number of ether oxygens (including phenoxy) is 2. The molecule has 168 valence electrons. The molecule has 1 saturated carbocycles. The normalized spacial score (nSPS) is 18.2. The van der Waals surface area contributed by atoms with Gasteiger partial charge in [0.2, 0.25) is 0 Å². The van der Waals surface area contributed by atoms with Gasteiger partial charge in [0.25, 0.3) is 5.91 Å². The highest BCUT2D eigenvalue weighted by Crippen LogP contribution is 2.30. The molecule has 2 N–H and O–H groups in total. The van der Waals surface area contributed by atoms with Crippen LogP contribution in [0.5, 0.6) is 5.75 Å². The second kappa shape index (κ2) is 9.88. The van der Waals surface area contributed by atoms with Gasteiger partial charge in [0.1, 0.15) is 5.75 Å². The van der Waals surface area contributed by atoms with Gasteiger partial charge in [-0.25, -0.2) is 0 Å². The molecule has 0 atom stereocenters. The Balaban J connectivity index is 1.13. The summed E-state index contributed by atoms with van der Waals surface area (Å²) in [6.07, 6.45) is 8.09. The van der Waals surface area contributed by atoms with Gasteiger partial charge in [-0.3, -0.25) is 4.79 Å². The Morgan fingerprint density at radius 2 is 1.81 bits per heavy atom. The molecule has 0 spiro atoms. The molecule has 1 heterocycles. The van der Waals surface area contributed by atoms with E-state index in [0.29, 0.717) is 5.56 Å².